The van der Waals surface area contributed by atoms with Gasteiger partial charge in [0.2, 0.25) is 11.8 Å². The molecule has 2 aromatic carbocycles. The average Bonchev–Trinajstić information content (AvgIpc) is 2.89. The third-order valence-electron chi connectivity index (χ3n) is 4.35. The Kier molecular flexibility index (Phi) is 12.8. The smallest absolute Gasteiger partial charge is 0.407 e. The highest BCUT2D eigenvalue weighted by molar-refractivity contribution is 5.82. The summed E-state index contributed by atoms with van der Waals surface area (Å²) in [7, 11) is 0. The van der Waals surface area contributed by atoms with Gasteiger partial charge in [-0.1, -0.05) is 60.7 Å². The molecular weight excluding hydrogens is 456 g/mol. The molecule has 4 amide bonds. The van der Waals surface area contributed by atoms with E-state index in [1.807, 2.05) is 60.7 Å². The van der Waals surface area contributed by atoms with E-state index in [0.29, 0.717) is 0 Å². The average molecular weight is 487 g/mol. The quantitative estimate of drug-likeness (QED) is 0.293. The Bertz CT molecular complexity index is 850. The third kappa shape index (κ3) is 13.2. The molecule has 0 aliphatic carbocycles. The molecule has 188 valence electrons. The predicted molar refractivity (Wildman–Crippen MR) is 126 cm³/mol. The first-order valence-corrected chi connectivity index (χ1v) is 11.0. The second kappa shape index (κ2) is 16.5. The molecule has 0 unspecified atom stereocenters. The first-order valence-electron chi connectivity index (χ1n) is 11.0. The summed E-state index contributed by atoms with van der Waals surface area (Å²) in [4.78, 5) is 46.6. The fourth-order valence-corrected chi connectivity index (χ4v) is 2.61. The number of carbonyl (C=O) groups excluding carboxylic acids is 4. The third-order valence-corrected chi connectivity index (χ3v) is 4.35. The zero-order chi connectivity index (χ0) is 25.1. The summed E-state index contributed by atoms with van der Waals surface area (Å²) in [5.41, 5.74) is 1.69. The van der Waals surface area contributed by atoms with Gasteiger partial charge in [-0.2, -0.15) is 0 Å². The summed E-state index contributed by atoms with van der Waals surface area (Å²) in [6.45, 7) is 0.730. The molecule has 0 aliphatic rings. The first kappa shape index (κ1) is 27.1. The summed E-state index contributed by atoms with van der Waals surface area (Å²) in [5, 5.41) is 9.89. The van der Waals surface area contributed by atoms with Gasteiger partial charge in [0.15, 0.2) is 0 Å². The highest BCUT2D eigenvalue weighted by atomic mass is 16.6. The van der Waals surface area contributed by atoms with Crippen molar-refractivity contribution in [2.24, 2.45) is 0 Å². The molecule has 11 heteroatoms. The molecule has 11 nitrogen and oxygen atoms in total. The zero-order valence-electron chi connectivity index (χ0n) is 19.3. The molecule has 0 spiro atoms. The van der Waals surface area contributed by atoms with Gasteiger partial charge >= 0.3 is 12.2 Å². The maximum Gasteiger partial charge on any atom is 0.407 e. The maximum absolute atomic E-state index is 11.7. The summed E-state index contributed by atoms with van der Waals surface area (Å²) >= 11 is 0. The minimum absolute atomic E-state index is 0.118. The van der Waals surface area contributed by atoms with Gasteiger partial charge in [0.25, 0.3) is 0 Å². The van der Waals surface area contributed by atoms with Gasteiger partial charge in [0.05, 0.1) is 26.3 Å². The molecule has 35 heavy (non-hydrogen) atoms. The molecular formula is C24H30N4O7. The highest BCUT2D eigenvalue weighted by Crippen LogP contribution is 2.01. The fourth-order valence-electron chi connectivity index (χ4n) is 2.61. The number of amides is 4. The number of hydrogen-bond donors (Lipinski definition) is 4. The lowest BCUT2D eigenvalue weighted by atomic mass is 10.2. The minimum atomic E-state index is -0.685. The number of nitrogens with one attached hydrogen (secondary N) is 4. The van der Waals surface area contributed by atoms with E-state index in [4.69, 9.17) is 14.2 Å². The number of hydrogen-bond acceptors (Lipinski definition) is 7. The van der Waals surface area contributed by atoms with E-state index >= 15 is 0 Å². The largest absolute Gasteiger partial charge is 0.445 e. The van der Waals surface area contributed by atoms with Crippen LogP contribution in [0.15, 0.2) is 60.7 Å². The lowest BCUT2D eigenvalue weighted by Gasteiger charge is -2.09. The van der Waals surface area contributed by atoms with Crippen LogP contribution in [0.25, 0.3) is 0 Å². The Labute approximate surface area is 203 Å². The van der Waals surface area contributed by atoms with Crippen molar-refractivity contribution in [1.29, 1.82) is 0 Å². The molecule has 0 saturated carbocycles. The summed E-state index contributed by atoms with van der Waals surface area (Å²) in [6, 6.07) is 18.4. The van der Waals surface area contributed by atoms with E-state index in [1.165, 1.54) is 0 Å². The van der Waals surface area contributed by atoms with Gasteiger partial charge in [-0.05, 0) is 11.1 Å². The molecule has 4 N–H and O–H groups in total. The van der Waals surface area contributed by atoms with Crippen LogP contribution >= 0.6 is 0 Å². The monoisotopic (exact) mass is 486 g/mol. The van der Waals surface area contributed by atoms with Crippen LogP contribution in [-0.4, -0.2) is 63.4 Å². The summed E-state index contributed by atoms with van der Waals surface area (Å²) in [5.74, 6) is -0.771. The van der Waals surface area contributed by atoms with Crippen LogP contribution in [0.4, 0.5) is 9.59 Å². The maximum atomic E-state index is 11.7. The zero-order valence-corrected chi connectivity index (χ0v) is 19.3. The van der Waals surface area contributed by atoms with Crippen molar-refractivity contribution in [3.05, 3.63) is 71.8 Å². The van der Waals surface area contributed by atoms with Gasteiger partial charge < -0.3 is 35.5 Å². The SMILES string of the molecule is O=C(CNC(=O)OCc1ccccc1)NCCOCCNC(=O)CNC(=O)OCc1ccccc1. The Morgan fingerprint density at radius 3 is 1.37 bits per heavy atom. The first-order chi connectivity index (χ1) is 17.0. The standard InChI is InChI=1S/C24H30N4O7/c29-21(15-27-23(31)34-17-19-7-3-1-4-8-19)25-11-13-33-14-12-26-22(30)16-28-24(32)35-18-20-9-5-2-6-10-20/h1-10H,11-18H2,(H,25,29)(H,26,30)(H,27,31)(H,28,32). The minimum Gasteiger partial charge on any atom is -0.445 e. The molecule has 0 saturated heterocycles. The number of benzene rings is 2. The van der Waals surface area contributed by atoms with E-state index in [9.17, 15) is 19.2 Å². The van der Waals surface area contributed by atoms with Crippen LogP contribution in [0.5, 0.6) is 0 Å². The molecule has 0 fully saturated rings. The summed E-state index contributed by atoms with van der Waals surface area (Å²) in [6.07, 6.45) is -1.37. The van der Waals surface area contributed by atoms with Crippen molar-refractivity contribution in [3.63, 3.8) is 0 Å². The van der Waals surface area contributed by atoms with Crippen LogP contribution in [0.2, 0.25) is 0 Å². The van der Waals surface area contributed by atoms with E-state index in [1.54, 1.807) is 0 Å². The normalized spacial score (nSPS) is 10.1. The van der Waals surface area contributed by atoms with Crippen LogP contribution in [0, 0.1) is 0 Å². The highest BCUT2D eigenvalue weighted by Gasteiger charge is 2.07. The lowest BCUT2D eigenvalue weighted by Crippen LogP contribution is -2.39. The van der Waals surface area contributed by atoms with E-state index < -0.39 is 12.2 Å². The second-order valence-corrected chi connectivity index (χ2v) is 7.14. The van der Waals surface area contributed by atoms with E-state index in [2.05, 4.69) is 21.3 Å². The van der Waals surface area contributed by atoms with Crippen LogP contribution in [0.3, 0.4) is 0 Å². The molecule has 0 aliphatic heterocycles. The molecule has 2 aromatic rings. The molecule has 0 bridgehead atoms. The predicted octanol–water partition coefficient (Wildman–Crippen LogP) is 1.09. The molecule has 0 atom stereocenters. The summed E-state index contributed by atoms with van der Waals surface area (Å²) < 4.78 is 15.3. The fraction of sp³-hybridized carbons (Fsp3) is 0.333. The Morgan fingerprint density at radius 1 is 0.571 bits per heavy atom. The van der Waals surface area contributed by atoms with Crippen molar-refractivity contribution in [1.82, 2.24) is 21.3 Å². The van der Waals surface area contributed by atoms with Crippen LogP contribution < -0.4 is 21.3 Å². The number of ether oxygens (including phenoxy) is 3. The molecule has 0 radical (unpaired) electrons. The number of alkyl carbamates (subject to hydrolysis) is 2. The van der Waals surface area contributed by atoms with Crippen molar-refractivity contribution in [2.45, 2.75) is 13.2 Å². The van der Waals surface area contributed by atoms with Gasteiger partial charge in [0, 0.05) is 13.1 Å². The molecule has 2 rings (SSSR count). The Hall–Kier alpha value is -4.12. The van der Waals surface area contributed by atoms with Crippen molar-refractivity contribution in [2.75, 3.05) is 39.4 Å². The van der Waals surface area contributed by atoms with E-state index in [-0.39, 0.29) is 64.4 Å². The van der Waals surface area contributed by atoms with Crippen molar-refractivity contribution >= 4 is 24.0 Å². The topological polar surface area (TPSA) is 144 Å². The Morgan fingerprint density at radius 2 is 0.971 bits per heavy atom. The van der Waals surface area contributed by atoms with Crippen molar-refractivity contribution < 1.29 is 33.4 Å². The van der Waals surface area contributed by atoms with Crippen molar-refractivity contribution in [3.8, 4) is 0 Å². The van der Waals surface area contributed by atoms with Gasteiger partial charge in [-0.25, -0.2) is 9.59 Å². The van der Waals surface area contributed by atoms with Gasteiger partial charge in [-0.15, -0.1) is 0 Å². The van der Waals surface area contributed by atoms with Crippen LogP contribution in [0.1, 0.15) is 11.1 Å². The molecule has 0 heterocycles. The molecule has 0 aromatic heterocycles. The second-order valence-electron chi connectivity index (χ2n) is 7.14. The number of carbonyl (C=O) groups is 4. The van der Waals surface area contributed by atoms with E-state index in [0.717, 1.165) is 11.1 Å². The number of rotatable bonds is 14. The van der Waals surface area contributed by atoms with Crippen LogP contribution in [-0.2, 0) is 37.0 Å². The Balaban J connectivity index is 1.39. The van der Waals surface area contributed by atoms with Gasteiger partial charge in [-0.3, -0.25) is 9.59 Å². The lowest BCUT2D eigenvalue weighted by molar-refractivity contribution is -0.120. The van der Waals surface area contributed by atoms with Gasteiger partial charge in [0.1, 0.15) is 13.2 Å².